The monoisotopic (exact) mass is 334 g/mol. The van der Waals surface area contributed by atoms with Crippen LogP contribution < -0.4 is 5.32 Å². The van der Waals surface area contributed by atoms with Crippen molar-refractivity contribution in [2.24, 2.45) is 0 Å². The third-order valence-electron chi connectivity index (χ3n) is 2.95. The van der Waals surface area contributed by atoms with Crippen molar-refractivity contribution < 1.29 is 4.79 Å². The van der Waals surface area contributed by atoms with E-state index in [9.17, 15) is 4.79 Å². The third-order valence-corrected chi connectivity index (χ3v) is 6.18. The molecule has 1 N–H and O–H groups in total. The lowest BCUT2D eigenvalue weighted by atomic mass is 10.3. The molecule has 0 fully saturated rings. The summed E-state index contributed by atoms with van der Waals surface area (Å²) in [5.41, 5.74) is 0.998. The highest BCUT2D eigenvalue weighted by Gasteiger charge is 2.12. The number of hydrogen-bond acceptors (Lipinski definition) is 5. The number of benzene rings is 1. The SMILES string of the molecule is C[C@H](NC(=O)CSc1nc2ccccc2s1)c1cccs1. The van der Waals surface area contributed by atoms with Crippen molar-refractivity contribution in [2.45, 2.75) is 17.3 Å². The number of thioether (sulfide) groups is 1. The fourth-order valence-corrected chi connectivity index (χ4v) is 4.55. The van der Waals surface area contributed by atoms with E-state index >= 15 is 0 Å². The summed E-state index contributed by atoms with van der Waals surface area (Å²) in [6, 6.07) is 12.1. The summed E-state index contributed by atoms with van der Waals surface area (Å²) in [4.78, 5) is 17.7. The number of nitrogens with one attached hydrogen (secondary N) is 1. The Labute approximate surface area is 135 Å². The molecule has 0 aliphatic carbocycles. The Hall–Kier alpha value is -1.37. The highest BCUT2D eigenvalue weighted by molar-refractivity contribution is 8.01. The van der Waals surface area contributed by atoms with Gasteiger partial charge in [-0.2, -0.15) is 0 Å². The van der Waals surface area contributed by atoms with Crippen molar-refractivity contribution in [3.8, 4) is 0 Å². The van der Waals surface area contributed by atoms with Gasteiger partial charge in [-0.15, -0.1) is 22.7 Å². The Bertz CT molecular complexity index is 703. The summed E-state index contributed by atoms with van der Waals surface area (Å²) in [6.45, 7) is 2.01. The van der Waals surface area contributed by atoms with Crippen LogP contribution in [0, 0.1) is 0 Å². The van der Waals surface area contributed by atoms with Crippen LogP contribution in [-0.4, -0.2) is 16.6 Å². The van der Waals surface area contributed by atoms with Gasteiger partial charge in [-0.05, 0) is 30.5 Å². The first-order valence-electron chi connectivity index (χ1n) is 6.53. The molecular formula is C15H14N2OS3. The molecule has 0 radical (unpaired) electrons. The van der Waals surface area contributed by atoms with E-state index in [1.165, 1.54) is 16.6 Å². The number of nitrogens with zero attached hydrogens (tertiary/aromatic N) is 1. The van der Waals surface area contributed by atoms with E-state index < -0.39 is 0 Å². The maximum Gasteiger partial charge on any atom is 0.230 e. The molecule has 2 heterocycles. The highest BCUT2D eigenvalue weighted by Crippen LogP contribution is 2.29. The van der Waals surface area contributed by atoms with Crippen LogP contribution in [0.15, 0.2) is 46.1 Å². The van der Waals surface area contributed by atoms with Crippen molar-refractivity contribution in [1.82, 2.24) is 10.3 Å². The molecule has 1 amide bonds. The number of amides is 1. The maximum absolute atomic E-state index is 12.0. The number of para-hydroxylation sites is 1. The Morgan fingerprint density at radius 1 is 1.33 bits per heavy atom. The first kappa shape index (κ1) is 14.6. The van der Waals surface area contributed by atoms with Gasteiger partial charge >= 0.3 is 0 Å². The van der Waals surface area contributed by atoms with Gasteiger partial charge in [-0.25, -0.2) is 4.98 Å². The molecule has 3 rings (SSSR count). The highest BCUT2D eigenvalue weighted by atomic mass is 32.2. The molecule has 3 aromatic rings. The minimum atomic E-state index is 0.0418. The van der Waals surface area contributed by atoms with E-state index in [1.54, 1.807) is 22.7 Å². The number of thiophene rings is 1. The fourth-order valence-electron chi connectivity index (χ4n) is 1.93. The largest absolute Gasteiger partial charge is 0.348 e. The second-order valence-electron chi connectivity index (χ2n) is 4.54. The van der Waals surface area contributed by atoms with E-state index in [4.69, 9.17) is 0 Å². The number of carbonyl (C=O) groups excluding carboxylic acids is 1. The summed E-state index contributed by atoms with van der Waals surface area (Å²) in [5, 5.41) is 5.04. The number of rotatable bonds is 5. The normalized spacial score (nSPS) is 12.4. The zero-order chi connectivity index (χ0) is 14.7. The van der Waals surface area contributed by atoms with Crippen LogP contribution in [0.5, 0.6) is 0 Å². The molecule has 6 heteroatoms. The number of thiazole rings is 1. The van der Waals surface area contributed by atoms with Gasteiger partial charge < -0.3 is 5.32 Å². The Kier molecular flexibility index (Phi) is 4.57. The molecule has 0 aliphatic heterocycles. The van der Waals surface area contributed by atoms with Crippen LogP contribution in [0.4, 0.5) is 0 Å². The second kappa shape index (κ2) is 6.60. The zero-order valence-corrected chi connectivity index (χ0v) is 13.9. The molecule has 0 bridgehead atoms. The van der Waals surface area contributed by atoms with Crippen molar-refractivity contribution >= 4 is 50.6 Å². The number of fused-ring (bicyclic) bond motifs is 1. The molecule has 21 heavy (non-hydrogen) atoms. The second-order valence-corrected chi connectivity index (χ2v) is 7.77. The third kappa shape index (κ3) is 3.64. The first-order chi connectivity index (χ1) is 10.2. The van der Waals surface area contributed by atoms with E-state index in [2.05, 4.69) is 16.4 Å². The molecule has 0 unspecified atom stereocenters. The van der Waals surface area contributed by atoms with Gasteiger partial charge in [0.05, 0.1) is 22.0 Å². The molecular weight excluding hydrogens is 320 g/mol. The Morgan fingerprint density at radius 2 is 2.19 bits per heavy atom. The average molecular weight is 334 g/mol. The van der Waals surface area contributed by atoms with E-state index in [0.29, 0.717) is 5.75 Å². The topological polar surface area (TPSA) is 42.0 Å². The molecule has 1 atom stereocenters. The first-order valence-corrected chi connectivity index (χ1v) is 9.21. The molecule has 3 nitrogen and oxygen atoms in total. The lowest BCUT2D eigenvalue weighted by molar-refractivity contribution is -0.119. The molecule has 0 aliphatic rings. The molecule has 0 spiro atoms. The molecule has 0 saturated heterocycles. The van der Waals surface area contributed by atoms with Gasteiger partial charge in [-0.1, -0.05) is 30.0 Å². The van der Waals surface area contributed by atoms with Gasteiger partial charge in [-0.3, -0.25) is 4.79 Å². The summed E-state index contributed by atoms with van der Waals surface area (Å²) in [7, 11) is 0. The number of aromatic nitrogens is 1. The quantitative estimate of drug-likeness (QED) is 0.706. The number of hydrogen-bond donors (Lipinski definition) is 1. The minimum absolute atomic E-state index is 0.0418. The summed E-state index contributed by atoms with van der Waals surface area (Å²) in [6.07, 6.45) is 0. The summed E-state index contributed by atoms with van der Waals surface area (Å²) < 4.78 is 2.10. The predicted molar refractivity (Wildman–Crippen MR) is 91.2 cm³/mol. The average Bonchev–Trinajstić information content (AvgIpc) is 3.14. The van der Waals surface area contributed by atoms with E-state index in [-0.39, 0.29) is 11.9 Å². The maximum atomic E-state index is 12.0. The van der Waals surface area contributed by atoms with Crippen LogP contribution in [-0.2, 0) is 4.79 Å². The van der Waals surface area contributed by atoms with Crippen molar-refractivity contribution in [3.63, 3.8) is 0 Å². The van der Waals surface area contributed by atoms with Gasteiger partial charge in [0.2, 0.25) is 5.91 Å². The predicted octanol–water partition coefficient (Wildman–Crippen LogP) is 4.33. The lowest BCUT2D eigenvalue weighted by Crippen LogP contribution is -2.27. The zero-order valence-electron chi connectivity index (χ0n) is 11.4. The lowest BCUT2D eigenvalue weighted by Gasteiger charge is -2.11. The number of carbonyl (C=O) groups is 1. The van der Waals surface area contributed by atoms with Gasteiger partial charge in [0.25, 0.3) is 0 Å². The molecule has 1 aromatic carbocycles. The standard InChI is InChI=1S/C15H14N2OS3/c1-10(12-7-4-8-19-12)16-14(18)9-20-15-17-11-5-2-3-6-13(11)21-15/h2-8,10H,9H2,1H3,(H,16,18)/t10-/m0/s1. The molecule has 108 valence electrons. The van der Waals surface area contributed by atoms with Crippen molar-refractivity contribution in [2.75, 3.05) is 5.75 Å². The smallest absolute Gasteiger partial charge is 0.230 e. The molecule has 2 aromatic heterocycles. The summed E-state index contributed by atoms with van der Waals surface area (Å²) >= 11 is 4.78. The van der Waals surface area contributed by atoms with Crippen LogP contribution in [0.2, 0.25) is 0 Å². The molecule has 0 saturated carbocycles. The van der Waals surface area contributed by atoms with E-state index in [0.717, 1.165) is 14.6 Å². The van der Waals surface area contributed by atoms with Crippen LogP contribution in [0.25, 0.3) is 10.2 Å². The Morgan fingerprint density at radius 3 is 2.95 bits per heavy atom. The van der Waals surface area contributed by atoms with Gasteiger partial charge in [0.1, 0.15) is 0 Å². The van der Waals surface area contributed by atoms with Crippen LogP contribution in [0.1, 0.15) is 17.8 Å². The fraction of sp³-hybridized carbons (Fsp3) is 0.200. The van der Waals surface area contributed by atoms with Crippen LogP contribution in [0.3, 0.4) is 0 Å². The van der Waals surface area contributed by atoms with Gasteiger partial charge in [0.15, 0.2) is 4.34 Å². The minimum Gasteiger partial charge on any atom is -0.348 e. The van der Waals surface area contributed by atoms with Crippen molar-refractivity contribution in [1.29, 1.82) is 0 Å². The van der Waals surface area contributed by atoms with Crippen molar-refractivity contribution in [3.05, 3.63) is 46.7 Å². The van der Waals surface area contributed by atoms with E-state index in [1.807, 2.05) is 42.6 Å². The van der Waals surface area contributed by atoms with Crippen LogP contribution >= 0.6 is 34.4 Å². The van der Waals surface area contributed by atoms with Gasteiger partial charge in [0, 0.05) is 4.88 Å². The summed E-state index contributed by atoms with van der Waals surface area (Å²) in [5.74, 6) is 0.440. The Balaban J connectivity index is 1.56.